The zero-order valence-corrected chi connectivity index (χ0v) is 40.9. The Labute approximate surface area is 449 Å². The summed E-state index contributed by atoms with van der Waals surface area (Å²) in [4.78, 5) is 22.7. The van der Waals surface area contributed by atoms with E-state index in [4.69, 9.17) is 0 Å². The topological polar surface area (TPSA) is 73.3 Å². The number of rotatable bonds is 11. The molecule has 14 rings (SSSR count). The fourth-order valence-corrected chi connectivity index (χ4v) is 10.7. The smallest absolute Gasteiger partial charge is 0.314 e. The van der Waals surface area contributed by atoms with Gasteiger partial charge in [-0.05, 0) is 113 Å². The van der Waals surface area contributed by atoms with Crippen molar-refractivity contribution >= 4 is 86.2 Å². The number of imidazole rings is 2. The van der Waals surface area contributed by atoms with Crippen LogP contribution in [0, 0.1) is 18.2 Å². The van der Waals surface area contributed by atoms with E-state index in [1.165, 1.54) is 30.7 Å². The van der Waals surface area contributed by atoms with Gasteiger partial charge in [-0.1, -0.05) is 65.4 Å². The van der Waals surface area contributed by atoms with Crippen molar-refractivity contribution in [2.24, 2.45) is 0 Å². The molecule has 0 unspecified atom stereocenters. The van der Waals surface area contributed by atoms with E-state index in [1.807, 2.05) is 72.8 Å². The van der Waals surface area contributed by atoms with E-state index < -0.39 is 54.9 Å². The van der Waals surface area contributed by atoms with E-state index in [9.17, 15) is 16.4 Å². The van der Waals surface area contributed by atoms with Crippen molar-refractivity contribution in [3.63, 3.8) is 0 Å². The predicted octanol–water partition coefficient (Wildman–Crippen LogP) is 14.2. The average Bonchev–Trinajstić information content (AvgIpc) is 1.10. The third kappa shape index (κ3) is 7.82. The van der Waals surface area contributed by atoms with Gasteiger partial charge in [0.25, 0.3) is 0 Å². The van der Waals surface area contributed by atoms with Crippen LogP contribution < -0.4 is 0 Å². The number of thiophene rings is 1. The van der Waals surface area contributed by atoms with Gasteiger partial charge in [-0.2, -0.15) is 0 Å². The van der Waals surface area contributed by atoms with Crippen LogP contribution in [0.5, 0.6) is 0 Å². The van der Waals surface area contributed by atoms with E-state index in [2.05, 4.69) is 43.1 Å². The first-order valence-corrected chi connectivity index (χ1v) is 23.7. The van der Waals surface area contributed by atoms with Crippen LogP contribution in [0.2, 0.25) is 0 Å². The van der Waals surface area contributed by atoms with Crippen molar-refractivity contribution in [3.8, 4) is 22.4 Å². The maximum Gasteiger partial charge on any atom is 3.00 e. The first-order valence-electron chi connectivity index (χ1n) is 28.8. The Bertz CT molecular complexity index is 4790. The molecule has 0 aliphatic carbocycles. The summed E-state index contributed by atoms with van der Waals surface area (Å²) in [5, 5.41) is 4.86. The molecule has 0 saturated carbocycles. The number of aromatic nitrogens is 7. The Morgan fingerprint density at radius 3 is 1.67 bits per heavy atom. The molecule has 0 radical (unpaired) electrons. The van der Waals surface area contributed by atoms with E-state index in [0.29, 0.717) is 60.7 Å². The fraction of sp³-hybridized carbons (Fsp3) is 0.0952. The first-order chi connectivity index (χ1) is 39.7. The van der Waals surface area contributed by atoms with Gasteiger partial charge in [-0.3, -0.25) is 0 Å². The van der Waals surface area contributed by atoms with Gasteiger partial charge in [0, 0.05) is 101 Å². The second-order valence-electron chi connectivity index (χ2n) is 17.1. The Morgan fingerprint density at radius 2 is 1.03 bits per heavy atom. The average molecular weight is 1130 g/mol. The molecule has 8 aromatic heterocycles. The van der Waals surface area contributed by atoms with Gasteiger partial charge in [0.2, 0.25) is 0 Å². The number of fused-ring (bicyclic) bond motifs is 15. The van der Waals surface area contributed by atoms with Crippen molar-refractivity contribution in [1.29, 1.82) is 0 Å². The number of nitrogens with zero attached hydrogens (tertiary/aromatic N) is 7. The number of pyridine rings is 5. The SMILES string of the molecule is [2H]C([2H])(c1cc(C([2H])([2H])C([2H])([2H])c2cnc3c4[c-]cccc4c4cncn4c3c2)cc(C([2H])([2H])C([2H])([2H])c2cnc(-c3[c-]cccc3)cc2-c2ccc3c(c2)sc2ccccc23)c1)C([2H])([2H])c1cnc2c3[c-]cccc3c3cncn3c2c1.[Ir+3]. The quantitative estimate of drug-likeness (QED) is 0.0953. The minimum atomic E-state index is -3.22. The molecule has 0 aliphatic heterocycles. The summed E-state index contributed by atoms with van der Waals surface area (Å²) in [7, 11) is 0. The van der Waals surface area contributed by atoms with E-state index >= 15 is 0 Å². The van der Waals surface area contributed by atoms with Crippen LogP contribution in [0.15, 0.2) is 183 Å². The largest absolute Gasteiger partial charge is 3.00 e. The molecule has 6 aromatic carbocycles. The van der Waals surface area contributed by atoms with Crippen LogP contribution in [0.4, 0.5) is 0 Å². The normalized spacial score (nSPS) is 15.5. The molecule has 0 N–H and O–H groups in total. The van der Waals surface area contributed by atoms with Gasteiger partial charge in [-0.25, -0.2) is 9.97 Å². The molecule has 344 valence electrons. The summed E-state index contributed by atoms with van der Waals surface area (Å²) in [6.07, 6.45) is -8.65. The monoisotopic (exact) mass is 1130 g/mol. The van der Waals surface area contributed by atoms with Gasteiger partial charge >= 0.3 is 20.1 Å². The molecule has 0 bridgehead atoms. The third-order valence-corrected chi connectivity index (χ3v) is 14.0. The first kappa shape index (κ1) is 32.8. The Hall–Kier alpha value is -7.94. The molecule has 0 atom stereocenters. The molecule has 0 spiro atoms. The second kappa shape index (κ2) is 18.3. The van der Waals surface area contributed by atoms with E-state index in [1.54, 1.807) is 81.6 Å². The van der Waals surface area contributed by atoms with Crippen molar-refractivity contribution in [1.82, 2.24) is 33.7 Å². The van der Waals surface area contributed by atoms with E-state index in [0.717, 1.165) is 49.1 Å². The molecular weight excluding hydrogens is 1080 g/mol. The maximum absolute atomic E-state index is 10.1. The van der Waals surface area contributed by atoms with Gasteiger partial charge in [-0.15, -0.1) is 107 Å². The molecule has 0 saturated heterocycles. The summed E-state index contributed by atoms with van der Waals surface area (Å²) < 4.78 is 124. The third-order valence-electron chi connectivity index (χ3n) is 12.8. The van der Waals surface area contributed by atoms with Crippen LogP contribution in [-0.2, 0) is 58.3 Å². The Balaban J connectivity index is 0.00000658. The molecule has 0 amide bonds. The van der Waals surface area contributed by atoms with Gasteiger partial charge < -0.3 is 23.8 Å². The number of benzene rings is 6. The summed E-state index contributed by atoms with van der Waals surface area (Å²) in [6.45, 7) is 0. The van der Waals surface area contributed by atoms with Gasteiger partial charge in [0.15, 0.2) is 0 Å². The molecule has 14 aromatic rings. The second-order valence-corrected chi connectivity index (χ2v) is 18.2. The molecule has 9 heteroatoms. The van der Waals surface area contributed by atoms with Crippen LogP contribution in [0.1, 0.15) is 49.8 Å². The number of hydrogen-bond acceptors (Lipinski definition) is 6. The minimum Gasteiger partial charge on any atom is -0.314 e. The van der Waals surface area contributed by atoms with Crippen LogP contribution in [-0.4, -0.2) is 33.7 Å². The summed E-state index contributed by atoms with van der Waals surface area (Å²) >= 11 is 1.56. The molecule has 72 heavy (non-hydrogen) atoms. The minimum absolute atomic E-state index is 0. The van der Waals surface area contributed by atoms with Crippen LogP contribution in [0.25, 0.3) is 97.2 Å². The summed E-state index contributed by atoms with van der Waals surface area (Å²) in [5.74, 6) is 0. The predicted molar refractivity (Wildman–Crippen MR) is 289 cm³/mol. The number of aryl methyl sites for hydroxylation is 6. The number of hydrogen-bond donors (Lipinski definition) is 0. The molecule has 7 nitrogen and oxygen atoms in total. The van der Waals surface area contributed by atoms with Crippen LogP contribution >= 0.6 is 11.3 Å². The van der Waals surface area contributed by atoms with Crippen molar-refractivity contribution in [2.45, 2.75) is 38.2 Å². The maximum atomic E-state index is 10.1. The van der Waals surface area contributed by atoms with Crippen LogP contribution in [0.3, 0.4) is 0 Å². The summed E-state index contributed by atoms with van der Waals surface area (Å²) in [6, 6.07) is 49.0. The Kier molecular flexibility index (Phi) is 8.37. The van der Waals surface area contributed by atoms with Crippen molar-refractivity contribution < 1.29 is 36.6 Å². The summed E-state index contributed by atoms with van der Waals surface area (Å²) in [5.41, 5.74) is 2.42. The van der Waals surface area contributed by atoms with Crippen molar-refractivity contribution in [2.75, 3.05) is 0 Å². The molecule has 0 aliphatic rings. The molecule has 0 fully saturated rings. The van der Waals surface area contributed by atoms with Gasteiger partial charge in [0.1, 0.15) is 0 Å². The fourth-order valence-electron chi connectivity index (χ4n) is 9.52. The zero-order valence-electron chi connectivity index (χ0n) is 49.7. The van der Waals surface area contributed by atoms with Crippen molar-refractivity contribution in [3.05, 3.63) is 235 Å². The molecule has 8 heterocycles. The van der Waals surface area contributed by atoms with Gasteiger partial charge in [0.05, 0.1) is 12.7 Å². The zero-order chi connectivity index (χ0) is 57.6. The van der Waals surface area contributed by atoms with E-state index in [-0.39, 0.29) is 42.4 Å². The molecular formula is C63H42IrN7S. The standard InChI is InChI=1S/C63H42N7S.Ir/c1-2-10-45(11-3-1)55-32-54(46-24-25-51-50-14-8-9-17-60(50)71-61(51)31-46)47(35-66-55)23-22-42-27-40(18-20-43-29-56-62(67-33-43)52-15-6-4-12-48(52)58-36-64-38-69(56)58)26-41(28-42)19-21-44-30-57-63(68-34-44)53-16-7-5-13-49(53)59-37-65-39-70(57)59;/h1-10,12-14,17,24-39H,18-23H2;/q-3;+3/i18D2,19D2,20D2,21D2,22D2,23D2;. The Morgan fingerprint density at radius 1 is 0.458 bits per heavy atom.